The molecule has 0 bridgehead atoms. The maximum Gasteiger partial charge on any atom is 0.331 e. The summed E-state index contributed by atoms with van der Waals surface area (Å²) < 4.78 is 5.04. The second kappa shape index (κ2) is 8.67. The first-order valence-corrected chi connectivity index (χ1v) is 7.87. The van der Waals surface area contributed by atoms with Crippen LogP contribution in [0.25, 0.3) is 6.08 Å². The Morgan fingerprint density at radius 3 is 2.33 bits per heavy atom. The number of hydrogen-bond acceptors (Lipinski definition) is 3. The van der Waals surface area contributed by atoms with E-state index in [1.807, 2.05) is 68.4 Å². The molecule has 24 heavy (non-hydrogen) atoms. The zero-order chi connectivity index (χ0) is 17.4. The lowest BCUT2D eigenvalue weighted by atomic mass is 10.1. The topological polar surface area (TPSA) is 46.6 Å². The van der Waals surface area contributed by atoms with Crippen LogP contribution < -0.4 is 4.90 Å². The molecule has 2 aromatic carbocycles. The Hall–Kier alpha value is -2.88. The monoisotopic (exact) mass is 323 g/mol. The number of benzene rings is 2. The average Bonchev–Trinajstić information content (AvgIpc) is 2.61. The quantitative estimate of drug-likeness (QED) is 0.603. The van der Waals surface area contributed by atoms with Crippen LogP contribution in [-0.2, 0) is 14.3 Å². The van der Waals surface area contributed by atoms with Crippen molar-refractivity contribution in [2.45, 2.75) is 13.8 Å². The normalized spacial score (nSPS) is 10.6. The van der Waals surface area contributed by atoms with Gasteiger partial charge in [-0.1, -0.05) is 48.0 Å². The molecule has 2 rings (SSSR count). The number of esters is 1. The van der Waals surface area contributed by atoms with E-state index >= 15 is 0 Å². The molecule has 2 aromatic rings. The lowest BCUT2D eigenvalue weighted by Crippen LogP contribution is -2.34. The van der Waals surface area contributed by atoms with Gasteiger partial charge < -0.3 is 9.64 Å². The first-order valence-electron chi connectivity index (χ1n) is 7.87. The van der Waals surface area contributed by atoms with E-state index in [4.69, 9.17) is 4.74 Å². The summed E-state index contributed by atoms with van der Waals surface area (Å²) in [7, 11) is 0. The molecule has 0 atom stereocenters. The van der Waals surface area contributed by atoms with Gasteiger partial charge in [0, 0.05) is 18.3 Å². The lowest BCUT2D eigenvalue weighted by molar-refractivity contribution is -0.142. The number of aryl methyl sites for hydroxylation is 1. The van der Waals surface area contributed by atoms with Crippen LogP contribution >= 0.6 is 0 Å². The largest absolute Gasteiger partial charge is 0.452 e. The van der Waals surface area contributed by atoms with Gasteiger partial charge in [0.05, 0.1) is 0 Å². The number of anilines is 1. The maximum atomic E-state index is 12.2. The molecule has 1 amide bonds. The zero-order valence-electron chi connectivity index (χ0n) is 13.9. The van der Waals surface area contributed by atoms with E-state index in [1.165, 1.54) is 6.08 Å². The molecule has 0 aliphatic rings. The molecule has 0 aliphatic heterocycles. The number of para-hydroxylation sites is 1. The fraction of sp³-hybridized carbons (Fsp3) is 0.200. The summed E-state index contributed by atoms with van der Waals surface area (Å²) in [6.45, 7) is 4.11. The van der Waals surface area contributed by atoms with Crippen LogP contribution in [0, 0.1) is 6.92 Å². The molecule has 0 saturated heterocycles. The number of amides is 1. The van der Waals surface area contributed by atoms with Crippen LogP contribution in [0.1, 0.15) is 18.1 Å². The summed E-state index contributed by atoms with van der Waals surface area (Å²) >= 11 is 0. The van der Waals surface area contributed by atoms with E-state index in [1.54, 1.807) is 11.0 Å². The number of rotatable bonds is 6. The van der Waals surface area contributed by atoms with Gasteiger partial charge in [-0.2, -0.15) is 0 Å². The Kier molecular flexibility index (Phi) is 6.32. The van der Waals surface area contributed by atoms with Gasteiger partial charge in [0.2, 0.25) is 0 Å². The van der Waals surface area contributed by atoms with Crippen LogP contribution in [0.5, 0.6) is 0 Å². The van der Waals surface area contributed by atoms with Crippen molar-refractivity contribution in [3.05, 3.63) is 71.8 Å². The Balaban J connectivity index is 1.88. The van der Waals surface area contributed by atoms with Gasteiger partial charge in [0.15, 0.2) is 6.61 Å². The molecule has 0 unspecified atom stereocenters. The van der Waals surface area contributed by atoms with Gasteiger partial charge >= 0.3 is 5.97 Å². The van der Waals surface area contributed by atoms with E-state index in [2.05, 4.69) is 0 Å². The van der Waals surface area contributed by atoms with Crippen molar-refractivity contribution in [1.29, 1.82) is 0 Å². The predicted octanol–water partition coefficient (Wildman–Crippen LogP) is 3.60. The molecule has 0 heterocycles. The Morgan fingerprint density at radius 2 is 1.71 bits per heavy atom. The first-order chi connectivity index (χ1) is 11.6. The van der Waals surface area contributed by atoms with Crippen molar-refractivity contribution in [1.82, 2.24) is 0 Å². The summed E-state index contributed by atoms with van der Waals surface area (Å²) in [5, 5.41) is 0. The van der Waals surface area contributed by atoms with Crippen molar-refractivity contribution in [3.8, 4) is 0 Å². The van der Waals surface area contributed by atoms with Crippen LogP contribution in [0.4, 0.5) is 5.69 Å². The summed E-state index contributed by atoms with van der Waals surface area (Å²) in [5.74, 6) is -0.783. The summed E-state index contributed by atoms with van der Waals surface area (Å²) in [6.07, 6.45) is 3.00. The number of hydrogen-bond donors (Lipinski definition) is 0. The van der Waals surface area contributed by atoms with Gasteiger partial charge in [-0.3, -0.25) is 4.79 Å². The summed E-state index contributed by atoms with van der Waals surface area (Å²) in [4.78, 5) is 25.6. The number of ether oxygens (including phenoxy) is 1. The van der Waals surface area contributed by atoms with Crippen LogP contribution in [-0.4, -0.2) is 25.0 Å². The minimum Gasteiger partial charge on any atom is -0.452 e. The van der Waals surface area contributed by atoms with E-state index in [0.717, 1.165) is 16.8 Å². The number of nitrogens with zero attached hydrogens (tertiary/aromatic N) is 1. The molecule has 0 spiro atoms. The third kappa shape index (κ3) is 5.09. The van der Waals surface area contributed by atoms with Gasteiger partial charge in [-0.15, -0.1) is 0 Å². The molecule has 4 nitrogen and oxygen atoms in total. The molecule has 0 aromatic heterocycles. The van der Waals surface area contributed by atoms with Crippen molar-refractivity contribution in [2.24, 2.45) is 0 Å². The Labute approximate surface area is 142 Å². The molecule has 0 N–H and O–H groups in total. The molecule has 0 fully saturated rings. The van der Waals surface area contributed by atoms with Gasteiger partial charge in [-0.05, 0) is 37.6 Å². The van der Waals surface area contributed by atoms with Gasteiger partial charge in [0.25, 0.3) is 5.91 Å². The number of carbonyl (C=O) groups is 2. The molecule has 124 valence electrons. The van der Waals surface area contributed by atoms with E-state index < -0.39 is 5.97 Å². The molecule has 4 heteroatoms. The smallest absolute Gasteiger partial charge is 0.331 e. The Bertz CT molecular complexity index is 705. The van der Waals surface area contributed by atoms with Crippen molar-refractivity contribution in [3.63, 3.8) is 0 Å². The SMILES string of the molecule is CCN(C(=O)COC(=O)/C=C/c1ccc(C)cc1)c1ccccc1. The van der Waals surface area contributed by atoms with Crippen LogP contribution in [0.2, 0.25) is 0 Å². The molecule has 0 radical (unpaired) electrons. The predicted molar refractivity (Wildman–Crippen MR) is 95.6 cm³/mol. The highest BCUT2D eigenvalue weighted by molar-refractivity contribution is 5.96. The summed E-state index contributed by atoms with van der Waals surface area (Å²) in [5.41, 5.74) is 2.85. The highest BCUT2D eigenvalue weighted by Crippen LogP contribution is 2.13. The average molecular weight is 323 g/mol. The maximum absolute atomic E-state index is 12.2. The van der Waals surface area contributed by atoms with Crippen LogP contribution in [0.3, 0.4) is 0 Å². The standard InChI is InChI=1S/C20H21NO3/c1-3-21(18-7-5-4-6-8-18)19(22)15-24-20(23)14-13-17-11-9-16(2)10-12-17/h4-14H,3,15H2,1-2H3/b14-13+. The Morgan fingerprint density at radius 1 is 1.04 bits per heavy atom. The minimum atomic E-state index is -0.534. The molecular formula is C20H21NO3. The lowest BCUT2D eigenvalue weighted by Gasteiger charge is -2.20. The van der Waals surface area contributed by atoms with E-state index in [0.29, 0.717) is 6.54 Å². The summed E-state index contributed by atoms with van der Waals surface area (Å²) in [6, 6.07) is 17.1. The number of carbonyl (C=O) groups excluding carboxylic acids is 2. The first kappa shape index (κ1) is 17.5. The molecule has 0 aliphatic carbocycles. The molecule has 0 saturated carbocycles. The third-order valence-electron chi connectivity index (χ3n) is 3.51. The fourth-order valence-corrected chi connectivity index (χ4v) is 2.21. The zero-order valence-corrected chi connectivity index (χ0v) is 13.9. The van der Waals surface area contributed by atoms with Gasteiger partial charge in [-0.25, -0.2) is 4.79 Å². The van der Waals surface area contributed by atoms with Crippen molar-refractivity contribution in [2.75, 3.05) is 18.1 Å². The fourth-order valence-electron chi connectivity index (χ4n) is 2.21. The second-order valence-corrected chi connectivity index (χ2v) is 5.33. The van der Waals surface area contributed by atoms with Crippen LogP contribution in [0.15, 0.2) is 60.7 Å². The minimum absolute atomic E-state index is 0.249. The van der Waals surface area contributed by atoms with Crippen molar-refractivity contribution < 1.29 is 14.3 Å². The van der Waals surface area contributed by atoms with Gasteiger partial charge in [0.1, 0.15) is 0 Å². The third-order valence-corrected chi connectivity index (χ3v) is 3.51. The highest BCUT2D eigenvalue weighted by Gasteiger charge is 2.14. The number of likely N-dealkylation sites (N-methyl/N-ethyl adjacent to an activating group) is 1. The van der Waals surface area contributed by atoms with E-state index in [-0.39, 0.29) is 12.5 Å². The second-order valence-electron chi connectivity index (χ2n) is 5.33. The molecular weight excluding hydrogens is 302 g/mol. The highest BCUT2D eigenvalue weighted by atomic mass is 16.5. The van der Waals surface area contributed by atoms with Crippen molar-refractivity contribution >= 4 is 23.6 Å². The van der Waals surface area contributed by atoms with E-state index in [9.17, 15) is 9.59 Å².